The highest BCUT2D eigenvalue weighted by molar-refractivity contribution is 6.22. The second kappa shape index (κ2) is 17.0. The molecule has 72 heavy (non-hydrogen) atoms. The Balaban J connectivity index is 1.05. The number of anilines is 3. The molecule has 0 N–H and O–H groups in total. The van der Waals surface area contributed by atoms with Crippen molar-refractivity contribution in [2.75, 3.05) is 4.90 Å². The average molecular weight is 914 g/mol. The summed E-state index contributed by atoms with van der Waals surface area (Å²) in [5.74, 6) is 0. The largest absolute Gasteiger partial charge is 0.309 e. The van der Waals surface area contributed by atoms with Crippen LogP contribution in [0.4, 0.5) is 17.1 Å². The number of para-hydroxylation sites is 1. The van der Waals surface area contributed by atoms with Crippen LogP contribution in [0, 0.1) is 0 Å². The molecule has 0 heterocycles. The van der Waals surface area contributed by atoms with Crippen molar-refractivity contribution in [3.05, 3.63) is 307 Å². The van der Waals surface area contributed by atoms with Crippen LogP contribution in [-0.2, 0) is 5.41 Å². The molecule has 0 atom stereocenters. The van der Waals surface area contributed by atoms with Crippen molar-refractivity contribution in [2.45, 2.75) is 5.41 Å². The van der Waals surface area contributed by atoms with Gasteiger partial charge in [-0.2, -0.15) is 0 Å². The standard InChI is InChI=1S/C71H47N/c1-5-23-49(24-6-1)69-62-35-16-15-33-58(62)59-43-41-51(46-64(59)70(69)50-25-7-2-8-26-50)56-32-18-20-38-67(56)72(68-39-21-36-57-55-31-14-13-22-48(55)40-44-61(57)68)54-42-45-66-63(47-54)60-34-17-19-37-65(60)71(66,52-27-9-3-10-28-52)53-29-11-4-12-30-53/h1-47H. The number of hydrogen-bond donors (Lipinski definition) is 0. The quantitative estimate of drug-likeness (QED) is 0.137. The molecule has 0 amide bonds. The van der Waals surface area contributed by atoms with E-state index in [0.717, 1.165) is 28.2 Å². The Labute approximate surface area is 420 Å². The summed E-state index contributed by atoms with van der Waals surface area (Å²) < 4.78 is 0. The molecule has 0 spiro atoms. The first-order valence-electron chi connectivity index (χ1n) is 25.0. The molecule has 0 saturated heterocycles. The van der Waals surface area contributed by atoms with Gasteiger partial charge in [0.15, 0.2) is 0 Å². The first-order chi connectivity index (χ1) is 35.8. The third-order valence-corrected chi connectivity index (χ3v) is 15.3. The van der Waals surface area contributed by atoms with Gasteiger partial charge < -0.3 is 4.90 Å². The first-order valence-corrected chi connectivity index (χ1v) is 25.0. The highest BCUT2D eigenvalue weighted by Gasteiger charge is 2.46. The van der Waals surface area contributed by atoms with Gasteiger partial charge in [-0.05, 0) is 129 Å². The Hall–Kier alpha value is -9.30. The van der Waals surface area contributed by atoms with Gasteiger partial charge in [0, 0.05) is 16.6 Å². The predicted octanol–water partition coefficient (Wildman–Crippen LogP) is 19.1. The minimum atomic E-state index is -0.502. The molecule has 0 saturated carbocycles. The molecule has 1 nitrogen and oxygen atoms in total. The highest BCUT2D eigenvalue weighted by Crippen LogP contribution is 2.58. The zero-order valence-corrected chi connectivity index (χ0v) is 39.6. The smallest absolute Gasteiger partial charge is 0.0713 e. The van der Waals surface area contributed by atoms with E-state index >= 15 is 0 Å². The van der Waals surface area contributed by atoms with Gasteiger partial charge >= 0.3 is 0 Å². The fourth-order valence-electron chi connectivity index (χ4n) is 12.3. The second-order valence-electron chi connectivity index (χ2n) is 19.1. The van der Waals surface area contributed by atoms with Gasteiger partial charge in [-0.15, -0.1) is 0 Å². The van der Waals surface area contributed by atoms with E-state index in [1.165, 1.54) is 98.7 Å². The van der Waals surface area contributed by atoms with Crippen LogP contribution in [-0.4, -0.2) is 0 Å². The maximum absolute atomic E-state index is 2.53. The Bertz CT molecular complexity index is 4160. The summed E-state index contributed by atoms with van der Waals surface area (Å²) in [6.45, 7) is 0. The van der Waals surface area contributed by atoms with Crippen LogP contribution in [0.1, 0.15) is 22.3 Å². The van der Waals surface area contributed by atoms with E-state index < -0.39 is 5.41 Å². The maximum atomic E-state index is 2.53. The lowest BCUT2D eigenvalue weighted by molar-refractivity contribution is 0.768. The number of benzene rings is 13. The van der Waals surface area contributed by atoms with Crippen LogP contribution >= 0.6 is 0 Å². The van der Waals surface area contributed by atoms with Crippen molar-refractivity contribution < 1.29 is 0 Å². The summed E-state index contributed by atoms with van der Waals surface area (Å²) in [6.07, 6.45) is 0. The summed E-state index contributed by atoms with van der Waals surface area (Å²) in [5, 5.41) is 9.85. The molecule has 1 aliphatic rings. The lowest BCUT2D eigenvalue weighted by atomic mass is 9.68. The SMILES string of the molecule is c1ccc(-c2c(-c3ccccc3)c3cc(-c4ccccc4N(c4ccc5c(c4)-c4ccccc4C5(c4ccccc4)c4ccccc4)c4cccc5c4ccc4ccccc45)ccc3c3ccccc23)cc1. The normalized spacial score (nSPS) is 12.6. The van der Waals surface area contributed by atoms with Gasteiger partial charge in [0.05, 0.1) is 16.8 Å². The molecule has 0 radical (unpaired) electrons. The van der Waals surface area contributed by atoms with E-state index in [1.807, 2.05) is 0 Å². The Morgan fingerprint density at radius 1 is 0.250 bits per heavy atom. The highest BCUT2D eigenvalue weighted by atomic mass is 15.1. The third-order valence-electron chi connectivity index (χ3n) is 15.3. The van der Waals surface area contributed by atoms with Crippen LogP contribution in [0.3, 0.4) is 0 Å². The van der Waals surface area contributed by atoms with Gasteiger partial charge in [0.1, 0.15) is 0 Å². The van der Waals surface area contributed by atoms with E-state index in [4.69, 9.17) is 0 Å². The molecule has 1 aliphatic carbocycles. The Morgan fingerprint density at radius 2 is 0.750 bits per heavy atom. The van der Waals surface area contributed by atoms with Crippen molar-refractivity contribution in [3.63, 3.8) is 0 Å². The van der Waals surface area contributed by atoms with E-state index in [0.29, 0.717) is 0 Å². The first kappa shape index (κ1) is 41.7. The molecule has 0 unspecified atom stereocenters. The predicted molar refractivity (Wildman–Crippen MR) is 305 cm³/mol. The van der Waals surface area contributed by atoms with Crippen LogP contribution < -0.4 is 4.90 Å². The fourth-order valence-corrected chi connectivity index (χ4v) is 12.3. The van der Waals surface area contributed by atoms with Crippen molar-refractivity contribution in [2.24, 2.45) is 0 Å². The number of fused-ring (bicyclic) bond motifs is 9. The molecule has 1 heteroatoms. The van der Waals surface area contributed by atoms with Crippen molar-refractivity contribution in [1.29, 1.82) is 0 Å². The van der Waals surface area contributed by atoms with Gasteiger partial charge in [0.2, 0.25) is 0 Å². The number of rotatable bonds is 8. The van der Waals surface area contributed by atoms with Crippen molar-refractivity contribution >= 4 is 60.2 Å². The molecular weight excluding hydrogens is 867 g/mol. The molecule has 13 aromatic carbocycles. The lowest BCUT2D eigenvalue weighted by Crippen LogP contribution is -2.28. The van der Waals surface area contributed by atoms with Gasteiger partial charge in [-0.1, -0.05) is 255 Å². The monoisotopic (exact) mass is 913 g/mol. The fraction of sp³-hybridized carbons (Fsp3) is 0.0141. The van der Waals surface area contributed by atoms with E-state index in [1.54, 1.807) is 0 Å². The van der Waals surface area contributed by atoms with E-state index in [2.05, 4.69) is 290 Å². The summed E-state index contributed by atoms with van der Waals surface area (Å²) in [5.41, 5.74) is 17.6. The maximum Gasteiger partial charge on any atom is 0.0713 e. The summed E-state index contributed by atoms with van der Waals surface area (Å²) >= 11 is 0. The van der Waals surface area contributed by atoms with E-state index in [9.17, 15) is 0 Å². The number of nitrogens with zero attached hydrogens (tertiary/aromatic N) is 1. The molecule has 13 aromatic rings. The minimum absolute atomic E-state index is 0.502. The molecule has 0 aliphatic heterocycles. The molecule has 0 fully saturated rings. The molecule has 0 aromatic heterocycles. The lowest BCUT2D eigenvalue weighted by Gasteiger charge is -2.34. The topological polar surface area (TPSA) is 3.24 Å². The molecule has 0 bridgehead atoms. The molecule has 336 valence electrons. The van der Waals surface area contributed by atoms with Gasteiger partial charge in [0.25, 0.3) is 0 Å². The van der Waals surface area contributed by atoms with Crippen LogP contribution in [0.25, 0.3) is 87.6 Å². The summed E-state index contributed by atoms with van der Waals surface area (Å²) in [6, 6.07) is 106. The summed E-state index contributed by atoms with van der Waals surface area (Å²) in [7, 11) is 0. The average Bonchev–Trinajstić information content (AvgIpc) is 3.76. The van der Waals surface area contributed by atoms with Gasteiger partial charge in [-0.25, -0.2) is 0 Å². The van der Waals surface area contributed by atoms with Crippen molar-refractivity contribution in [3.8, 4) is 44.5 Å². The van der Waals surface area contributed by atoms with Crippen LogP contribution in [0.5, 0.6) is 0 Å². The second-order valence-corrected chi connectivity index (χ2v) is 19.1. The summed E-state index contributed by atoms with van der Waals surface area (Å²) in [4.78, 5) is 2.53. The van der Waals surface area contributed by atoms with Crippen LogP contribution in [0.2, 0.25) is 0 Å². The Kier molecular flexibility index (Phi) is 9.82. The van der Waals surface area contributed by atoms with Crippen molar-refractivity contribution in [1.82, 2.24) is 0 Å². The van der Waals surface area contributed by atoms with E-state index in [-0.39, 0.29) is 0 Å². The molecule has 14 rings (SSSR count). The zero-order chi connectivity index (χ0) is 47.6. The third kappa shape index (κ3) is 6.41. The zero-order valence-electron chi connectivity index (χ0n) is 39.6. The molecular formula is C71H47N. The van der Waals surface area contributed by atoms with Gasteiger partial charge in [-0.3, -0.25) is 0 Å². The number of hydrogen-bond acceptors (Lipinski definition) is 1. The Morgan fingerprint density at radius 3 is 1.47 bits per heavy atom. The minimum Gasteiger partial charge on any atom is -0.309 e. The van der Waals surface area contributed by atoms with Crippen LogP contribution in [0.15, 0.2) is 285 Å².